The van der Waals surface area contributed by atoms with Crippen molar-refractivity contribution in [3.8, 4) is 0 Å². The van der Waals surface area contributed by atoms with Gasteiger partial charge < -0.3 is 10.5 Å². The molecule has 0 saturated heterocycles. The highest BCUT2D eigenvalue weighted by atomic mass is 19.3. The minimum atomic E-state index is -2.95. The predicted molar refractivity (Wildman–Crippen MR) is 48.4 cm³/mol. The molecule has 0 aromatic carbocycles. The Labute approximate surface area is 89.2 Å². The summed E-state index contributed by atoms with van der Waals surface area (Å²) in [5.41, 5.74) is 3.57. The van der Waals surface area contributed by atoms with E-state index in [0.717, 1.165) is 7.11 Å². The van der Waals surface area contributed by atoms with Crippen molar-refractivity contribution >= 4 is 5.97 Å². The van der Waals surface area contributed by atoms with E-state index < -0.39 is 36.0 Å². The van der Waals surface area contributed by atoms with Crippen LogP contribution in [-0.2, 0) is 11.3 Å². The van der Waals surface area contributed by atoms with Crippen molar-refractivity contribution in [1.29, 1.82) is 0 Å². The van der Waals surface area contributed by atoms with Gasteiger partial charge in [0.05, 0.1) is 18.2 Å². The maximum absolute atomic E-state index is 13.1. The Morgan fingerprint density at radius 1 is 1.62 bits per heavy atom. The second-order valence-electron chi connectivity index (χ2n) is 2.85. The summed E-state index contributed by atoms with van der Waals surface area (Å²) in [5, 5.41) is 0. The molecular formula is C9H9F3N2O2. The molecule has 7 heteroatoms. The molecule has 0 amide bonds. The molecule has 16 heavy (non-hydrogen) atoms. The first-order valence-corrected chi connectivity index (χ1v) is 4.26. The number of carbonyl (C=O) groups is 1. The normalized spacial score (nSPS) is 10.6. The number of hydrogen-bond donors (Lipinski definition) is 1. The van der Waals surface area contributed by atoms with Crippen molar-refractivity contribution in [2.75, 3.05) is 7.11 Å². The van der Waals surface area contributed by atoms with Gasteiger partial charge in [0, 0.05) is 18.3 Å². The third kappa shape index (κ3) is 2.13. The summed E-state index contributed by atoms with van der Waals surface area (Å²) in [6.45, 7) is -0.413. The van der Waals surface area contributed by atoms with Gasteiger partial charge in [-0.25, -0.2) is 18.6 Å². The first kappa shape index (κ1) is 12.4. The molecule has 1 aromatic rings. The number of alkyl halides is 2. The summed E-state index contributed by atoms with van der Waals surface area (Å²) in [5.74, 6) is -2.11. The van der Waals surface area contributed by atoms with E-state index in [1.54, 1.807) is 0 Å². The number of nitrogens with two attached hydrogens (primary N) is 1. The zero-order valence-electron chi connectivity index (χ0n) is 8.34. The number of halogens is 3. The van der Waals surface area contributed by atoms with Gasteiger partial charge >= 0.3 is 5.97 Å². The lowest BCUT2D eigenvalue weighted by molar-refractivity contribution is 0.0586. The predicted octanol–water partition coefficient (Wildman–Crippen LogP) is 1.40. The number of esters is 1. The number of hydrogen-bond acceptors (Lipinski definition) is 4. The quantitative estimate of drug-likeness (QED) is 0.634. The highest BCUT2D eigenvalue weighted by molar-refractivity contribution is 5.92. The Kier molecular flexibility index (Phi) is 3.83. The second-order valence-corrected chi connectivity index (χ2v) is 2.85. The maximum atomic E-state index is 13.1. The fraction of sp³-hybridized carbons (Fsp3) is 0.333. The van der Waals surface area contributed by atoms with Crippen molar-refractivity contribution < 1.29 is 22.7 Å². The number of rotatable bonds is 3. The average Bonchev–Trinajstić information content (AvgIpc) is 2.27. The van der Waals surface area contributed by atoms with Crippen LogP contribution >= 0.6 is 0 Å². The van der Waals surface area contributed by atoms with Gasteiger partial charge in [0.1, 0.15) is 0 Å². The van der Waals surface area contributed by atoms with Crippen LogP contribution in [0, 0.1) is 5.95 Å². The van der Waals surface area contributed by atoms with Gasteiger partial charge in [-0.05, 0) is 0 Å². The standard InChI is InChI=1S/C9H9F3N2O2/c1-16-9(15)6-4(2-13)8(12)14-3-5(6)7(10)11/h3,7H,2,13H2,1H3. The van der Waals surface area contributed by atoms with Crippen molar-refractivity contribution in [2.45, 2.75) is 13.0 Å². The van der Waals surface area contributed by atoms with Crippen LogP contribution in [0.15, 0.2) is 6.20 Å². The van der Waals surface area contributed by atoms with Gasteiger partial charge in [-0.3, -0.25) is 0 Å². The smallest absolute Gasteiger partial charge is 0.338 e. The monoisotopic (exact) mass is 234 g/mol. The average molecular weight is 234 g/mol. The third-order valence-corrected chi connectivity index (χ3v) is 1.99. The number of nitrogens with zero attached hydrogens (tertiary/aromatic N) is 1. The molecule has 0 unspecified atom stereocenters. The van der Waals surface area contributed by atoms with Gasteiger partial charge in [-0.15, -0.1) is 0 Å². The lowest BCUT2D eigenvalue weighted by atomic mass is 10.0. The molecule has 0 aliphatic heterocycles. The van der Waals surface area contributed by atoms with Crippen LogP contribution in [0.4, 0.5) is 13.2 Å². The number of methoxy groups -OCH3 is 1. The largest absolute Gasteiger partial charge is 0.465 e. The Bertz CT molecular complexity index is 410. The summed E-state index contributed by atoms with van der Waals surface area (Å²) in [6, 6.07) is 0. The van der Waals surface area contributed by atoms with Crippen LogP contribution in [0.2, 0.25) is 0 Å². The maximum Gasteiger partial charge on any atom is 0.338 e. The minimum Gasteiger partial charge on any atom is -0.465 e. The zero-order valence-corrected chi connectivity index (χ0v) is 8.34. The Morgan fingerprint density at radius 3 is 2.69 bits per heavy atom. The van der Waals surface area contributed by atoms with Gasteiger partial charge in [0.2, 0.25) is 5.95 Å². The molecular weight excluding hydrogens is 225 g/mol. The van der Waals surface area contributed by atoms with Crippen LogP contribution in [-0.4, -0.2) is 18.1 Å². The number of ether oxygens (including phenoxy) is 1. The second kappa shape index (κ2) is 4.93. The molecule has 0 atom stereocenters. The van der Waals surface area contributed by atoms with E-state index in [1.165, 1.54) is 0 Å². The Hall–Kier alpha value is -1.63. The molecule has 0 spiro atoms. The molecule has 1 aromatic heterocycles. The van der Waals surface area contributed by atoms with Crippen molar-refractivity contribution in [3.63, 3.8) is 0 Å². The fourth-order valence-corrected chi connectivity index (χ4v) is 1.24. The van der Waals surface area contributed by atoms with E-state index in [9.17, 15) is 18.0 Å². The molecule has 2 N–H and O–H groups in total. The van der Waals surface area contributed by atoms with E-state index in [2.05, 4.69) is 9.72 Å². The summed E-state index contributed by atoms with van der Waals surface area (Å²) in [7, 11) is 1.01. The SMILES string of the molecule is COC(=O)c1c(C(F)F)cnc(F)c1CN. The molecule has 0 bridgehead atoms. The van der Waals surface area contributed by atoms with E-state index in [0.29, 0.717) is 6.20 Å². The van der Waals surface area contributed by atoms with Gasteiger partial charge in [0.15, 0.2) is 0 Å². The molecule has 0 aliphatic carbocycles. The summed E-state index contributed by atoms with van der Waals surface area (Å²) in [6.07, 6.45) is -2.35. The number of carbonyl (C=O) groups excluding carboxylic acids is 1. The van der Waals surface area contributed by atoms with Crippen LogP contribution in [0.25, 0.3) is 0 Å². The Morgan fingerprint density at radius 2 is 2.25 bits per heavy atom. The minimum absolute atomic E-state index is 0.371. The molecule has 0 saturated carbocycles. The van der Waals surface area contributed by atoms with E-state index in [1.807, 2.05) is 0 Å². The highest BCUT2D eigenvalue weighted by Crippen LogP contribution is 2.26. The lowest BCUT2D eigenvalue weighted by Gasteiger charge is -2.11. The van der Waals surface area contributed by atoms with Gasteiger partial charge in [-0.2, -0.15) is 4.39 Å². The molecule has 4 nitrogen and oxygen atoms in total. The number of pyridine rings is 1. The lowest BCUT2D eigenvalue weighted by Crippen LogP contribution is -2.16. The van der Waals surface area contributed by atoms with Crippen molar-refractivity contribution in [2.24, 2.45) is 5.73 Å². The molecule has 0 fully saturated rings. The summed E-state index contributed by atoms with van der Waals surface area (Å²) in [4.78, 5) is 14.4. The van der Waals surface area contributed by atoms with Crippen LogP contribution in [0.3, 0.4) is 0 Å². The highest BCUT2D eigenvalue weighted by Gasteiger charge is 2.25. The first-order valence-electron chi connectivity index (χ1n) is 4.26. The third-order valence-electron chi connectivity index (χ3n) is 1.99. The van der Waals surface area contributed by atoms with Crippen molar-refractivity contribution in [1.82, 2.24) is 4.98 Å². The van der Waals surface area contributed by atoms with E-state index in [4.69, 9.17) is 5.73 Å². The summed E-state index contributed by atoms with van der Waals surface area (Å²) < 4.78 is 42.6. The molecule has 88 valence electrons. The van der Waals surface area contributed by atoms with Crippen molar-refractivity contribution in [3.05, 3.63) is 28.8 Å². The van der Waals surface area contributed by atoms with E-state index >= 15 is 0 Å². The van der Waals surface area contributed by atoms with Crippen LogP contribution in [0.1, 0.15) is 27.9 Å². The fourth-order valence-electron chi connectivity index (χ4n) is 1.24. The molecule has 0 radical (unpaired) electrons. The summed E-state index contributed by atoms with van der Waals surface area (Å²) >= 11 is 0. The number of aromatic nitrogens is 1. The van der Waals surface area contributed by atoms with Gasteiger partial charge in [-0.1, -0.05) is 0 Å². The van der Waals surface area contributed by atoms with Crippen LogP contribution < -0.4 is 5.73 Å². The van der Waals surface area contributed by atoms with Crippen LogP contribution in [0.5, 0.6) is 0 Å². The first-order chi connectivity index (χ1) is 7.52. The molecule has 1 heterocycles. The molecule has 0 aliphatic rings. The topological polar surface area (TPSA) is 65.2 Å². The van der Waals surface area contributed by atoms with Gasteiger partial charge in [0.25, 0.3) is 6.43 Å². The van der Waals surface area contributed by atoms with E-state index in [-0.39, 0.29) is 5.56 Å². The zero-order chi connectivity index (χ0) is 12.3. The molecule has 1 rings (SSSR count). The Balaban J connectivity index is 3.47.